The summed E-state index contributed by atoms with van der Waals surface area (Å²) in [5, 5.41) is 4.47. The van der Waals surface area contributed by atoms with Crippen LogP contribution in [0.3, 0.4) is 0 Å². The highest BCUT2D eigenvalue weighted by molar-refractivity contribution is 7.80. The van der Waals surface area contributed by atoms with Gasteiger partial charge in [0.1, 0.15) is 0 Å². The van der Waals surface area contributed by atoms with Gasteiger partial charge < -0.3 is 10.2 Å². The van der Waals surface area contributed by atoms with Crippen LogP contribution in [0.5, 0.6) is 0 Å². The molecule has 1 heterocycles. The second-order valence-corrected chi connectivity index (χ2v) is 6.51. The molecule has 0 saturated carbocycles. The Labute approximate surface area is 151 Å². The number of benzene rings is 2. The number of halogens is 1. The highest BCUT2D eigenvalue weighted by atomic mass is 35.5. The Morgan fingerprint density at radius 1 is 1.17 bits per heavy atom. The number of rotatable bonds is 3. The van der Waals surface area contributed by atoms with Gasteiger partial charge in [-0.2, -0.15) is 0 Å². The summed E-state index contributed by atoms with van der Waals surface area (Å²) < 4.78 is 0. The topological polar surface area (TPSA) is 32.3 Å². The smallest absolute Gasteiger partial charge is 0.193 e. The lowest BCUT2D eigenvalue weighted by Crippen LogP contribution is -2.45. The Hall–Kier alpha value is -2.17. The first-order chi connectivity index (χ1) is 11.5. The summed E-state index contributed by atoms with van der Waals surface area (Å²) in [6.07, 6.45) is 0. The van der Waals surface area contributed by atoms with Crippen LogP contribution in [0.2, 0.25) is 5.02 Å². The van der Waals surface area contributed by atoms with E-state index in [4.69, 9.17) is 23.8 Å². The van der Waals surface area contributed by atoms with E-state index in [1.54, 1.807) is 0 Å². The predicted octanol–water partition coefficient (Wildman–Crippen LogP) is 4.36. The molecule has 0 aromatic heterocycles. The van der Waals surface area contributed by atoms with Crippen molar-refractivity contribution in [3.8, 4) is 0 Å². The van der Waals surface area contributed by atoms with Crippen molar-refractivity contribution in [3.05, 3.63) is 82.0 Å². The van der Waals surface area contributed by atoms with Gasteiger partial charge in [-0.3, -0.25) is 4.79 Å². The molecule has 24 heavy (non-hydrogen) atoms. The highest BCUT2D eigenvalue weighted by Gasteiger charge is 2.32. The Morgan fingerprint density at radius 3 is 2.54 bits per heavy atom. The number of nitrogens with zero attached hydrogens (tertiary/aromatic N) is 1. The van der Waals surface area contributed by atoms with Crippen molar-refractivity contribution in [3.63, 3.8) is 0 Å². The van der Waals surface area contributed by atoms with E-state index >= 15 is 0 Å². The largest absolute Gasteiger partial charge is 0.351 e. The molecule has 0 fully saturated rings. The molecule has 2 aromatic rings. The minimum absolute atomic E-state index is 0.0140. The minimum atomic E-state index is -0.319. The predicted molar refractivity (Wildman–Crippen MR) is 101 cm³/mol. The van der Waals surface area contributed by atoms with E-state index in [2.05, 4.69) is 5.32 Å². The van der Waals surface area contributed by atoms with Crippen LogP contribution in [-0.4, -0.2) is 22.8 Å². The summed E-state index contributed by atoms with van der Waals surface area (Å²) in [4.78, 5) is 15.0. The van der Waals surface area contributed by atoms with E-state index in [0.29, 0.717) is 21.3 Å². The molecule has 0 aliphatic carbocycles. The van der Waals surface area contributed by atoms with Gasteiger partial charge in [0, 0.05) is 28.9 Å². The van der Waals surface area contributed by atoms with Crippen LogP contribution in [0.25, 0.3) is 0 Å². The summed E-state index contributed by atoms with van der Waals surface area (Å²) in [6, 6.07) is 16.4. The van der Waals surface area contributed by atoms with Gasteiger partial charge in [-0.25, -0.2) is 0 Å². The van der Waals surface area contributed by atoms with Crippen LogP contribution in [0.1, 0.15) is 28.9 Å². The van der Waals surface area contributed by atoms with Gasteiger partial charge in [0.2, 0.25) is 0 Å². The van der Waals surface area contributed by atoms with Crippen molar-refractivity contribution in [1.82, 2.24) is 10.2 Å². The van der Waals surface area contributed by atoms with E-state index in [-0.39, 0.29) is 11.8 Å². The molecule has 1 aliphatic rings. The summed E-state index contributed by atoms with van der Waals surface area (Å²) in [6.45, 7) is 1.92. The molecule has 5 heteroatoms. The molecule has 0 amide bonds. The quantitative estimate of drug-likeness (QED) is 0.654. The van der Waals surface area contributed by atoms with Crippen molar-refractivity contribution in [1.29, 1.82) is 0 Å². The molecular formula is C19H17ClN2OS. The zero-order valence-electron chi connectivity index (χ0n) is 13.4. The lowest BCUT2D eigenvalue weighted by molar-refractivity contribution is 0.102. The van der Waals surface area contributed by atoms with Crippen LogP contribution < -0.4 is 5.32 Å². The van der Waals surface area contributed by atoms with E-state index < -0.39 is 0 Å². The highest BCUT2D eigenvalue weighted by Crippen LogP contribution is 2.33. The van der Waals surface area contributed by atoms with Gasteiger partial charge in [0.25, 0.3) is 0 Å². The number of carbonyl (C=O) groups is 1. The van der Waals surface area contributed by atoms with Crippen LogP contribution >= 0.6 is 23.8 Å². The summed E-state index contributed by atoms with van der Waals surface area (Å²) >= 11 is 11.5. The first kappa shape index (κ1) is 16.7. The Kier molecular flexibility index (Phi) is 4.69. The standard InChI is InChI=1S/C19H17ClN2OS/c1-12-16(18(23)13-7-4-3-5-8-13)17(21-19(24)22(12)2)14-9-6-10-15(20)11-14/h3-11,17H,1-2H3,(H,21,24). The summed E-state index contributed by atoms with van der Waals surface area (Å²) in [7, 11) is 1.86. The third-order valence-electron chi connectivity index (χ3n) is 4.22. The zero-order valence-corrected chi connectivity index (χ0v) is 15.0. The van der Waals surface area contributed by atoms with Crippen molar-refractivity contribution in [2.24, 2.45) is 0 Å². The summed E-state index contributed by atoms with van der Waals surface area (Å²) in [5.41, 5.74) is 3.09. The second-order valence-electron chi connectivity index (χ2n) is 5.69. The van der Waals surface area contributed by atoms with Crippen LogP contribution in [0, 0.1) is 0 Å². The zero-order chi connectivity index (χ0) is 17.3. The van der Waals surface area contributed by atoms with E-state index in [1.807, 2.05) is 73.5 Å². The number of carbonyl (C=O) groups excluding carboxylic acids is 1. The maximum atomic E-state index is 13.1. The van der Waals surface area contributed by atoms with Crippen molar-refractivity contribution in [2.75, 3.05) is 7.05 Å². The lowest BCUT2D eigenvalue weighted by atomic mass is 9.89. The molecule has 0 saturated heterocycles. The van der Waals surface area contributed by atoms with Gasteiger partial charge in [-0.15, -0.1) is 0 Å². The number of ketones is 1. The number of nitrogens with one attached hydrogen (secondary N) is 1. The monoisotopic (exact) mass is 356 g/mol. The fourth-order valence-electron chi connectivity index (χ4n) is 2.81. The maximum Gasteiger partial charge on any atom is 0.193 e. The van der Waals surface area contributed by atoms with Crippen molar-refractivity contribution in [2.45, 2.75) is 13.0 Å². The molecule has 122 valence electrons. The van der Waals surface area contributed by atoms with Gasteiger partial charge in [0.05, 0.1) is 6.04 Å². The van der Waals surface area contributed by atoms with Crippen LogP contribution in [-0.2, 0) is 0 Å². The Bertz CT molecular complexity index is 832. The van der Waals surface area contributed by atoms with Gasteiger partial charge in [0.15, 0.2) is 10.9 Å². The van der Waals surface area contributed by atoms with Gasteiger partial charge >= 0.3 is 0 Å². The Morgan fingerprint density at radius 2 is 1.88 bits per heavy atom. The van der Waals surface area contributed by atoms with Gasteiger partial charge in [-0.05, 0) is 36.8 Å². The number of Topliss-reactive ketones (excluding diaryl/α,β-unsaturated/α-hetero) is 1. The number of thiocarbonyl (C=S) groups is 1. The van der Waals surface area contributed by atoms with E-state index in [9.17, 15) is 4.79 Å². The number of allylic oxidation sites excluding steroid dienone is 1. The first-order valence-corrected chi connectivity index (χ1v) is 8.38. The fraction of sp³-hybridized carbons (Fsp3) is 0.158. The fourth-order valence-corrected chi connectivity index (χ4v) is 3.26. The second kappa shape index (κ2) is 6.75. The molecule has 0 bridgehead atoms. The van der Waals surface area contributed by atoms with E-state index in [0.717, 1.165) is 11.3 Å². The molecular weight excluding hydrogens is 340 g/mol. The molecule has 1 N–H and O–H groups in total. The SMILES string of the molecule is CC1=C(C(=O)c2ccccc2)C(c2cccc(Cl)c2)NC(=S)N1C. The average Bonchev–Trinajstić information content (AvgIpc) is 2.59. The first-order valence-electron chi connectivity index (χ1n) is 7.59. The Balaban J connectivity index is 2.13. The lowest BCUT2D eigenvalue weighted by Gasteiger charge is -2.36. The third kappa shape index (κ3) is 3.07. The van der Waals surface area contributed by atoms with Crippen molar-refractivity contribution >= 4 is 34.7 Å². The molecule has 2 aromatic carbocycles. The molecule has 1 aliphatic heterocycles. The molecule has 1 unspecified atom stereocenters. The van der Waals surface area contributed by atoms with Crippen LogP contribution in [0.4, 0.5) is 0 Å². The average molecular weight is 357 g/mol. The maximum absolute atomic E-state index is 13.1. The summed E-state index contributed by atoms with van der Waals surface area (Å²) in [5.74, 6) is -0.0140. The molecule has 0 radical (unpaired) electrons. The number of hydrogen-bond acceptors (Lipinski definition) is 2. The minimum Gasteiger partial charge on any atom is -0.351 e. The molecule has 3 rings (SSSR count). The van der Waals surface area contributed by atoms with E-state index in [1.165, 1.54) is 0 Å². The third-order valence-corrected chi connectivity index (χ3v) is 4.84. The van der Waals surface area contributed by atoms with Crippen LogP contribution in [0.15, 0.2) is 65.9 Å². The molecule has 0 spiro atoms. The van der Waals surface area contributed by atoms with Crippen molar-refractivity contribution < 1.29 is 4.79 Å². The normalized spacial score (nSPS) is 17.7. The molecule has 3 nitrogen and oxygen atoms in total. The van der Waals surface area contributed by atoms with Gasteiger partial charge in [-0.1, -0.05) is 54.1 Å². The number of hydrogen-bond donors (Lipinski definition) is 1. The molecule has 1 atom stereocenters.